The number of anilines is 2. The van der Waals surface area contributed by atoms with E-state index in [0.717, 1.165) is 22.7 Å². The normalized spacial score (nSPS) is 12.6. The van der Waals surface area contributed by atoms with Crippen LogP contribution in [0.2, 0.25) is 5.15 Å². The minimum absolute atomic E-state index is 0.261. The number of hydrogen-bond acceptors (Lipinski definition) is 5. The Kier molecular flexibility index (Phi) is 2.68. The van der Waals surface area contributed by atoms with Gasteiger partial charge >= 0.3 is 0 Å². The number of ether oxygens (including phenoxy) is 2. The predicted octanol–water partition coefficient (Wildman–Crippen LogP) is 2.91. The third-order valence-electron chi connectivity index (χ3n) is 2.66. The molecule has 5 nitrogen and oxygen atoms in total. The lowest BCUT2D eigenvalue weighted by atomic mass is 10.2. The van der Waals surface area contributed by atoms with Gasteiger partial charge in [0.1, 0.15) is 17.3 Å². The van der Waals surface area contributed by atoms with E-state index >= 15 is 0 Å². The number of aromatic nitrogens is 2. The van der Waals surface area contributed by atoms with Crippen molar-refractivity contribution in [1.29, 1.82) is 0 Å². The first-order chi connectivity index (χ1) is 8.74. The summed E-state index contributed by atoms with van der Waals surface area (Å²) in [5.74, 6) is 2.14. The van der Waals surface area contributed by atoms with Crippen LogP contribution in [0.3, 0.4) is 0 Å². The van der Waals surface area contributed by atoms with Crippen LogP contribution in [0.25, 0.3) is 0 Å². The maximum absolute atomic E-state index is 5.94. The van der Waals surface area contributed by atoms with Gasteiger partial charge in [-0.1, -0.05) is 11.6 Å². The third-order valence-corrected chi connectivity index (χ3v) is 3.04. The molecule has 1 aromatic heterocycles. The van der Waals surface area contributed by atoms with Crippen LogP contribution in [0, 0.1) is 6.92 Å². The van der Waals surface area contributed by atoms with Crippen LogP contribution < -0.4 is 14.8 Å². The second-order valence-corrected chi connectivity index (χ2v) is 4.19. The summed E-state index contributed by atoms with van der Waals surface area (Å²) < 4.78 is 10.6. The van der Waals surface area contributed by atoms with Crippen molar-refractivity contribution >= 4 is 23.1 Å². The molecule has 1 aliphatic heterocycles. The molecule has 0 aliphatic carbocycles. The Labute approximate surface area is 109 Å². The lowest BCUT2D eigenvalue weighted by molar-refractivity contribution is 0.174. The molecule has 0 bridgehead atoms. The van der Waals surface area contributed by atoms with Gasteiger partial charge in [-0.25, -0.2) is 9.97 Å². The molecule has 0 fully saturated rings. The van der Waals surface area contributed by atoms with Crippen LogP contribution in [-0.4, -0.2) is 16.8 Å². The predicted molar refractivity (Wildman–Crippen MR) is 67.6 cm³/mol. The summed E-state index contributed by atoms with van der Waals surface area (Å²) in [5, 5.41) is 3.61. The summed E-state index contributed by atoms with van der Waals surface area (Å²) >= 11 is 5.94. The summed E-state index contributed by atoms with van der Waals surface area (Å²) in [6, 6.07) is 5.60. The summed E-state index contributed by atoms with van der Waals surface area (Å²) in [7, 11) is 0. The molecular weight excluding hydrogens is 254 g/mol. The van der Waals surface area contributed by atoms with Gasteiger partial charge in [-0.3, -0.25) is 0 Å². The molecule has 6 heteroatoms. The standard InChI is InChI=1S/C12H10ClN3O2/c1-7-11(13)14-5-15-12(7)16-8-2-3-9-10(4-8)18-6-17-9/h2-5H,6H2,1H3,(H,14,15,16). The Hall–Kier alpha value is -2.01. The third kappa shape index (κ3) is 1.93. The first kappa shape index (κ1) is 11.1. The van der Waals surface area contributed by atoms with Gasteiger partial charge in [-0.15, -0.1) is 0 Å². The Morgan fingerprint density at radius 2 is 2.06 bits per heavy atom. The average molecular weight is 264 g/mol. The van der Waals surface area contributed by atoms with E-state index in [-0.39, 0.29) is 6.79 Å². The highest BCUT2D eigenvalue weighted by atomic mass is 35.5. The number of halogens is 1. The van der Waals surface area contributed by atoms with E-state index in [4.69, 9.17) is 21.1 Å². The fraction of sp³-hybridized carbons (Fsp3) is 0.167. The highest BCUT2D eigenvalue weighted by molar-refractivity contribution is 6.30. The second-order valence-electron chi connectivity index (χ2n) is 3.83. The van der Waals surface area contributed by atoms with Crippen LogP contribution in [-0.2, 0) is 0 Å². The van der Waals surface area contributed by atoms with Crippen LogP contribution in [0.4, 0.5) is 11.5 Å². The quantitative estimate of drug-likeness (QED) is 0.845. The zero-order valence-corrected chi connectivity index (χ0v) is 10.4. The molecule has 2 aromatic rings. The zero-order chi connectivity index (χ0) is 12.5. The minimum Gasteiger partial charge on any atom is -0.454 e. The van der Waals surface area contributed by atoms with Gasteiger partial charge in [0, 0.05) is 17.3 Å². The highest BCUT2D eigenvalue weighted by Crippen LogP contribution is 2.35. The summed E-state index contributed by atoms with van der Waals surface area (Å²) in [6.07, 6.45) is 1.42. The summed E-state index contributed by atoms with van der Waals surface area (Å²) in [4.78, 5) is 8.06. The summed E-state index contributed by atoms with van der Waals surface area (Å²) in [6.45, 7) is 2.12. The first-order valence-corrected chi connectivity index (χ1v) is 5.75. The van der Waals surface area contributed by atoms with E-state index in [0.29, 0.717) is 11.0 Å². The fourth-order valence-electron chi connectivity index (χ4n) is 1.67. The molecule has 92 valence electrons. The van der Waals surface area contributed by atoms with Crippen molar-refractivity contribution < 1.29 is 9.47 Å². The molecule has 1 N–H and O–H groups in total. The molecule has 1 aliphatic rings. The van der Waals surface area contributed by atoms with Gasteiger partial charge in [0.25, 0.3) is 0 Å². The highest BCUT2D eigenvalue weighted by Gasteiger charge is 2.14. The molecule has 0 unspecified atom stereocenters. The van der Waals surface area contributed by atoms with E-state index in [1.807, 2.05) is 25.1 Å². The average Bonchev–Trinajstić information content (AvgIpc) is 2.82. The van der Waals surface area contributed by atoms with Crippen LogP contribution >= 0.6 is 11.6 Å². The Bertz CT molecular complexity index is 604. The minimum atomic E-state index is 0.261. The maximum atomic E-state index is 5.94. The lowest BCUT2D eigenvalue weighted by Gasteiger charge is -2.09. The van der Waals surface area contributed by atoms with Gasteiger partial charge in [0.05, 0.1) is 0 Å². The Morgan fingerprint density at radius 3 is 2.94 bits per heavy atom. The largest absolute Gasteiger partial charge is 0.454 e. The van der Waals surface area contributed by atoms with Crippen LogP contribution in [0.5, 0.6) is 11.5 Å². The Morgan fingerprint density at radius 1 is 1.22 bits per heavy atom. The monoisotopic (exact) mass is 263 g/mol. The number of hydrogen-bond donors (Lipinski definition) is 1. The van der Waals surface area contributed by atoms with Crippen molar-refractivity contribution in [3.05, 3.63) is 35.2 Å². The van der Waals surface area contributed by atoms with Crippen molar-refractivity contribution in [2.24, 2.45) is 0 Å². The van der Waals surface area contributed by atoms with E-state index in [9.17, 15) is 0 Å². The van der Waals surface area contributed by atoms with Gasteiger partial charge in [0.15, 0.2) is 11.5 Å². The molecule has 0 saturated carbocycles. The van der Waals surface area contributed by atoms with Gasteiger partial charge < -0.3 is 14.8 Å². The van der Waals surface area contributed by atoms with E-state index in [1.54, 1.807) is 0 Å². The molecule has 1 aromatic carbocycles. The molecule has 0 amide bonds. The summed E-state index contributed by atoms with van der Waals surface area (Å²) in [5.41, 5.74) is 1.66. The smallest absolute Gasteiger partial charge is 0.231 e. The van der Waals surface area contributed by atoms with Crippen molar-refractivity contribution in [3.63, 3.8) is 0 Å². The van der Waals surface area contributed by atoms with Crippen molar-refractivity contribution in [1.82, 2.24) is 9.97 Å². The number of nitrogens with zero attached hydrogens (tertiary/aromatic N) is 2. The topological polar surface area (TPSA) is 56.3 Å². The molecular formula is C12H10ClN3O2. The molecule has 0 atom stereocenters. The molecule has 3 rings (SSSR count). The number of rotatable bonds is 2. The molecule has 2 heterocycles. The van der Waals surface area contributed by atoms with Crippen LogP contribution in [0.15, 0.2) is 24.5 Å². The molecule has 0 spiro atoms. The maximum Gasteiger partial charge on any atom is 0.231 e. The van der Waals surface area contributed by atoms with E-state index in [1.165, 1.54) is 6.33 Å². The Balaban J connectivity index is 1.90. The molecule has 0 radical (unpaired) electrons. The van der Waals surface area contributed by atoms with E-state index < -0.39 is 0 Å². The first-order valence-electron chi connectivity index (χ1n) is 5.38. The van der Waals surface area contributed by atoms with Crippen LogP contribution in [0.1, 0.15) is 5.56 Å². The van der Waals surface area contributed by atoms with Gasteiger partial charge in [0.2, 0.25) is 6.79 Å². The number of benzene rings is 1. The number of fused-ring (bicyclic) bond motifs is 1. The fourth-order valence-corrected chi connectivity index (χ4v) is 1.80. The van der Waals surface area contributed by atoms with Crippen molar-refractivity contribution in [2.75, 3.05) is 12.1 Å². The van der Waals surface area contributed by atoms with Crippen molar-refractivity contribution in [2.45, 2.75) is 6.92 Å². The van der Waals surface area contributed by atoms with Gasteiger partial charge in [-0.05, 0) is 19.1 Å². The SMILES string of the molecule is Cc1c(Cl)ncnc1Nc1ccc2c(c1)OCO2. The van der Waals surface area contributed by atoms with Gasteiger partial charge in [-0.2, -0.15) is 0 Å². The van der Waals surface area contributed by atoms with E-state index in [2.05, 4.69) is 15.3 Å². The molecule has 18 heavy (non-hydrogen) atoms. The van der Waals surface area contributed by atoms with Crippen molar-refractivity contribution in [3.8, 4) is 11.5 Å². The zero-order valence-electron chi connectivity index (χ0n) is 9.61. The molecule has 0 saturated heterocycles. The second kappa shape index (κ2) is 4.34. The lowest BCUT2D eigenvalue weighted by Crippen LogP contribution is -1.98. The number of nitrogens with one attached hydrogen (secondary N) is 1.